The fraction of sp³-hybridized carbons (Fsp3) is 0.200. The average Bonchev–Trinajstić information content (AvgIpc) is 2.16. The zero-order valence-corrected chi connectivity index (χ0v) is 9.58. The van der Waals surface area contributed by atoms with Gasteiger partial charge in [-0.2, -0.15) is 0 Å². The van der Waals surface area contributed by atoms with Gasteiger partial charge in [0.25, 0.3) is 0 Å². The minimum absolute atomic E-state index is 0.425. The molecule has 0 atom stereocenters. The van der Waals surface area contributed by atoms with E-state index in [0.717, 1.165) is 16.1 Å². The zero-order chi connectivity index (χ0) is 11.6. The summed E-state index contributed by atoms with van der Waals surface area (Å²) < 4.78 is 23.8. The molecule has 0 saturated heterocycles. The quantitative estimate of drug-likeness (QED) is 0.790. The molecule has 1 aromatic rings. The second-order valence-electron chi connectivity index (χ2n) is 3.25. The van der Waals surface area contributed by atoms with Gasteiger partial charge in [0.05, 0.1) is 17.6 Å². The van der Waals surface area contributed by atoms with Gasteiger partial charge in [-0.15, -0.1) is 0 Å². The molecule has 15 heavy (non-hydrogen) atoms. The summed E-state index contributed by atoms with van der Waals surface area (Å²) in [5, 5.41) is 0. The van der Waals surface area contributed by atoms with E-state index in [1.54, 1.807) is 24.3 Å². The van der Waals surface area contributed by atoms with Crippen molar-refractivity contribution in [2.45, 2.75) is 0 Å². The predicted molar refractivity (Wildman–Crippen MR) is 64.2 cm³/mol. The van der Waals surface area contributed by atoms with Gasteiger partial charge in [-0.25, -0.2) is 8.42 Å². The van der Waals surface area contributed by atoms with Crippen LogP contribution in [-0.2, 0) is 10.0 Å². The monoisotopic (exact) mass is 226 g/mol. The third kappa shape index (κ3) is 2.50. The van der Waals surface area contributed by atoms with Crippen LogP contribution in [0.25, 0.3) is 6.08 Å². The highest BCUT2D eigenvalue weighted by atomic mass is 32.2. The van der Waals surface area contributed by atoms with Gasteiger partial charge in [-0.3, -0.25) is 4.31 Å². The van der Waals surface area contributed by atoms with Crippen molar-refractivity contribution >= 4 is 27.5 Å². The molecule has 5 heteroatoms. The van der Waals surface area contributed by atoms with Crippen LogP contribution in [0.5, 0.6) is 0 Å². The van der Waals surface area contributed by atoms with Gasteiger partial charge in [-0.05, 0) is 17.7 Å². The molecule has 0 fully saturated rings. The molecule has 0 aliphatic heterocycles. The summed E-state index contributed by atoms with van der Waals surface area (Å²) in [6.45, 7) is 3.61. The van der Waals surface area contributed by atoms with Gasteiger partial charge in [0.1, 0.15) is 0 Å². The summed E-state index contributed by atoms with van der Waals surface area (Å²) >= 11 is 0. The van der Waals surface area contributed by atoms with E-state index in [9.17, 15) is 8.42 Å². The maximum Gasteiger partial charge on any atom is 0.232 e. The van der Waals surface area contributed by atoms with Crippen molar-refractivity contribution < 1.29 is 8.42 Å². The van der Waals surface area contributed by atoms with Crippen LogP contribution in [0.3, 0.4) is 0 Å². The lowest BCUT2D eigenvalue weighted by Gasteiger charge is -2.18. The lowest BCUT2D eigenvalue weighted by atomic mass is 10.2. The van der Waals surface area contributed by atoms with E-state index in [-0.39, 0.29) is 0 Å². The van der Waals surface area contributed by atoms with E-state index in [1.165, 1.54) is 7.05 Å². The number of rotatable bonds is 3. The highest BCUT2D eigenvalue weighted by molar-refractivity contribution is 7.92. The van der Waals surface area contributed by atoms with Gasteiger partial charge < -0.3 is 5.73 Å². The number of benzene rings is 1. The van der Waals surface area contributed by atoms with Crippen LogP contribution < -0.4 is 10.0 Å². The Balaban J connectivity index is 3.30. The fourth-order valence-electron chi connectivity index (χ4n) is 1.14. The standard InChI is InChI=1S/C10H14N2O2S/c1-4-8-5-6-9(11)10(7-8)12(2)15(3,13)14/h4-7H,1,11H2,2-3H3. The van der Waals surface area contributed by atoms with Crippen molar-refractivity contribution in [1.82, 2.24) is 0 Å². The van der Waals surface area contributed by atoms with Crippen LogP contribution in [0.2, 0.25) is 0 Å². The molecule has 0 radical (unpaired) electrons. The number of hydrogen-bond acceptors (Lipinski definition) is 3. The number of nitrogen functional groups attached to an aromatic ring is 1. The highest BCUT2D eigenvalue weighted by Gasteiger charge is 2.14. The first kappa shape index (κ1) is 11.6. The Morgan fingerprint density at radius 3 is 2.53 bits per heavy atom. The van der Waals surface area contributed by atoms with E-state index in [4.69, 9.17) is 5.73 Å². The number of nitrogens with two attached hydrogens (primary N) is 1. The van der Waals surface area contributed by atoms with Crippen LogP contribution >= 0.6 is 0 Å². The van der Waals surface area contributed by atoms with E-state index in [0.29, 0.717) is 11.4 Å². The number of nitrogens with zero attached hydrogens (tertiary/aromatic N) is 1. The van der Waals surface area contributed by atoms with E-state index in [2.05, 4.69) is 6.58 Å². The molecule has 4 nitrogen and oxygen atoms in total. The second kappa shape index (κ2) is 3.94. The first-order valence-corrected chi connectivity index (χ1v) is 6.17. The number of sulfonamides is 1. The molecular formula is C10H14N2O2S. The topological polar surface area (TPSA) is 63.4 Å². The average molecular weight is 226 g/mol. The predicted octanol–water partition coefficient (Wildman–Crippen LogP) is 1.31. The SMILES string of the molecule is C=Cc1ccc(N)c(N(C)S(C)(=O)=O)c1. The van der Waals surface area contributed by atoms with Crippen molar-refractivity contribution in [3.63, 3.8) is 0 Å². The van der Waals surface area contributed by atoms with Gasteiger partial charge in [0.15, 0.2) is 0 Å². The summed E-state index contributed by atoms with van der Waals surface area (Å²) in [5.74, 6) is 0. The van der Waals surface area contributed by atoms with E-state index >= 15 is 0 Å². The largest absolute Gasteiger partial charge is 0.397 e. The molecule has 0 bridgehead atoms. The second-order valence-corrected chi connectivity index (χ2v) is 5.27. The third-order valence-electron chi connectivity index (χ3n) is 2.13. The molecular weight excluding hydrogens is 212 g/mol. The molecule has 0 aliphatic carbocycles. The van der Waals surface area contributed by atoms with Crippen LogP contribution in [-0.4, -0.2) is 21.7 Å². The maximum absolute atomic E-state index is 11.3. The molecule has 0 saturated carbocycles. The number of hydrogen-bond donors (Lipinski definition) is 1. The van der Waals surface area contributed by atoms with Gasteiger partial charge in [0, 0.05) is 7.05 Å². The highest BCUT2D eigenvalue weighted by Crippen LogP contribution is 2.25. The van der Waals surface area contributed by atoms with Crippen molar-refractivity contribution in [3.05, 3.63) is 30.3 Å². The molecule has 0 aliphatic rings. The minimum Gasteiger partial charge on any atom is -0.397 e. The molecule has 1 rings (SSSR count). The van der Waals surface area contributed by atoms with Gasteiger partial charge in [-0.1, -0.05) is 18.7 Å². The normalized spacial score (nSPS) is 11.1. The van der Waals surface area contributed by atoms with Crippen LogP contribution in [0.4, 0.5) is 11.4 Å². The van der Waals surface area contributed by atoms with Crippen molar-refractivity contribution in [3.8, 4) is 0 Å². The lowest BCUT2D eigenvalue weighted by molar-refractivity contribution is 0.600. The molecule has 82 valence electrons. The van der Waals surface area contributed by atoms with Crippen LogP contribution in [0.15, 0.2) is 24.8 Å². The molecule has 0 amide bonds. The first-order chi connectivity index (χ1) is 6.86. The summed E-state index contributed by atoms with van der Waals surface area (Å²) in [6, 6.07) is 5.12. The van der Waals surface area contributed by atoms with Crippen LogP contribution in [0, 0.1) is 0 Å². The van der Waals surface area contributed by atoms with E-state index < -0.39 is 10.0 Å². The first-order valence-electron chi connectivity index (χ1n) is 4.32. The summed E-state index contributed by atoms with van der Waals surface area (Å²) in [7, 11) is -1.82. The minimum atomic E-state index is -3.28. The molecule has 0 spiro atoms. The molecule has 2 N–H and O–H groups in total. The van der Waals surface area contributed by atoms with Gasteiger partial charge in [0.2, 0.25) is 10.0 Å². The van der Waals surface area contributed by atoms with Crippen molar-refractivity contribution in [1.29, 1.82) is 0 Å². The molecule has 0 unspecified atom stereocenters. The molecule has 0 heterocycles. The summed E-state index contributed by atoms with van der Waals surface area (Å²) in [4.78, 5) is 0. The Labute approximate surface area is 90.1 Å². The maximum atomic E-state index is 11.3. The Morgan fingerprint density at radius 2 is 2.07 bits per heavy atom. The Bertz CT molecular complexity index is 480. The van der Waals surface area contributed by atoms with E-state index in [1.807, 2.05) is 0 Å². The van der Waals surface area contributed by atoms with Crippen LogP contribution in [0.1, 0.15) is 5.56 Å². The smallest absolute Gasteiger partial charge is 0.232 e. The number of anilines is 2. The molecule has 0 aromatic heterocycles. The zero-order valence-electron chi connectivity index (χ0n) is 8.77. The summed E-state index contributed by atoms with van der Waals surface area (Å²) in [6.07, 6.45) is 2.77. The fourth-order valence-corrected chi connectivity index (χ4v) is 1.65. The lowest BCUT2D eigenvalue weighted by Crippen LogP contribution is -2.25. The summed E-state index contributed by atoms with van der Waals surface area (Å²) in [5.41, 5.74) is 7.42. The Kier molecular flexibility index (Phi) is 3.04. The van der Waals surface area contributed by atoms with Gasteiger partial charge >= 0.3 is 0 Å². The Morgan fingerprint density at radius 1 is 1.47 bits per heavy atom. The van der Waals surface area contributed by atoms with Crippen molar-refractivity contribution in [2.24, 2.45) is 0 Å². The Hall–Kier alpha value is -1.49. The third-order valence-corrected chi connectivity index (χ3v) is 3.32. The van der Waals surface area contributed by atoms with Crippen molar-refractivity contribution in [2.75, 3.05) is 23.3 Å². The molecule has 1 aromatic carbocycles.